The van der Waals surface area contributed by atoms with E-state index in [9.17, 15) is 18.9 Å². The SMILES string of the molecule is CCC=CCCC=CCCC=CC1C(C(C)OCP(=O)(O)P(C)(=O)O)C1(C)CCC=CCCC=CCC. The minimum Gasteiger partial charge on any atom is -0.368 e. The quantitative estimate of drug-likeness (QED) is 0.0890. The molecule has 5 nitrogen and oxygen atoms in total. The summed E-state index contributed by atoms with van der Waals surface area (Å²) in [5, 5.41) is 0. The number of rotatable bonds is 20. The highest BCUT2D eigenvalue weighted by Gasteiger charge is 2.61. The van der Waals surface area contributed by atoms with E-state index in [1.165, 1.54) is 0 Å². The molecule has 0 aromatic heterocycles. The van der Waals surface area contributed by atoms with Gasteiger partial charge < -0.3 is 14.5 Å². The zero-order valence-corrected chi connectivity index (χ0v) is 25.6. The maximum absolute atomic E-state index is 12.2. The molecule has 0 bridgehead atoms. The lowest BCUT2D eigenvalue weighted by Gasteiger charge is -2.20. The Bertz CT molecular complexity index is 882. The molecule has 0 radical (unpaired) electrons. The molecule has 212 valence electrons. The third-order valence-corrected chi connectivity index (χ3v) is 12.7. The van der Waals surface area contributed by atoms with Crippen molar-refractivity contribution in [1.82, 2.24) is 0 Å². The molecule has 0 amide bonds. The molecule has 1 saturated carbocycles. The monoisotopic (exact) mass is 554 g/mol. The maximum atomic E-state index is 12.2. The fourth-order valence-corrected chi connectivity index (χ4v) is 6.31. The van der Waals surface area contributed by atoms with Crippen molar-refractivity contribution in [3.05, 3.63) is 60.8 Å². The van der Waals surface area contributed by atoms with E-state index in [0.29, 0.717) is 5.92 Å². The van der Waals surface area contributed by atoms with E-state index >= 15 is 0 Å². The first-order valence-corrected chi connectivity index (χ1v) is 18.7. The van der Waals surface area contributed by atoms with Gasteiger partial charge in [0.05, 0.1) is 6.10 Å². The van der Waals surface area contributed by atoms with E-state index < -0.39 is 20.5 Å². The van der Waals surface area contributed by atoms with Crippen LogP contribution in [0.4, 0.5) is 0 Å². The average Bonchev–Trinajstić information content (AvgIpc) is 3.43. The zero-order chi connectivity index (χ0) is 27.8. The van der Waals surface area contributed by atoms with E-state index in [2.05, 4.69) is 81.5 Å². The van der Waals surface area contributed by atoms with Gasteiger partial charge in [0.1, 0.15) is 6.35 Å². The molecule has 0 aromatic rings. The predicted molar refractivity (Wildman–Crippen MR) is 159 cm³/mol. The van der Waals surface area contributed by atoms with Crippen molar-refractivity contribution < 1.29 is 23.7 Å². The zero-order valence-electron chi connectivity index (χ0n) is 23.8. The summed E-state index contributed by atoms with van der Waals surface area (Å²) in [4.78, 5) is 19.6. The molecule has 0 heterocycles. The molecule has 0 aliphatic heterocycles. The maximum Gasteiger partial charge on any atom is 0.306 e. The summed E-state index contributed by atoms with van der Waals surface area (Å²) in [5.41, 5.74) is 0.0401. The first-order valence-electron chi connectivity index (χ1n) is 14.0. The second kappa shape index (κ2) is 17.6. The van der Waals surface area contributed by atoms with Crippen LogP contribution in [0.1, 0.15) is 91.9 Å². The molecule has 1 rings (SSSR count). The van der Waals surface area contributed by atoms with Crippen molar-refractivity contribution in [3.8, 4) is 0 Å². The van der Waals surface area contributed by atoms with Gasteiger partial charge in [-0.1, -0.05) is 81.5 Å². The molecule has 37 heavy (non-hydrogen) atoms. The van der Waals surface area contributed by atoms with Gasteiger partial charge in [-0.05, 0) is 88.4 Å². The molecule has 1 fully saturated rings. The molecule has 6 atom stereocenters. The summed E-state index contributed by atoms with van der Waals surface area (Å²) in [5.74, 6) is 0.535. The van der Waals surface area contributed by atoms with Crippen molar-refractivity contribution >= 4 is 14.1 Å². The second-order valence-corrected chi connectivity index (χ2v) is 17.8. The van der Waals surface area contributed by atoms with Gasteiger partial charge in [-0.15, -0.1) is 0 Å². The van der Waals surface area contributed by atoms with E-state index in [1.807, 2.05) is 6.92 Å². The van der Waals surface area contributed by atoms with Crippen LogP contribution in [-0.4, -0.2) is 28.9 Å². The fourth-order valence-electron chi connectivity index (χ4n) is 4.82. The summed E-state index contributed by atoms with van der Waals surface area (Å²) in [6, 6.07) is 0. The number of unbranched alkanes of at least 4 members (excludes halogenated alkanes) is 3. The molecule has 0 aromatic carbocycles. The first-order chi connectivity index (χ1) is 17.5. The Morgan fingerprint density at radius 1 is 0.784 bits per heavy atom. The van der Waals surface area contributed by atoms with Crippen LogP contribution in [0.2, 0.25) is 0 Å². The molecule has 7 heteroatoms. The van der Waals surface area contributed by atoms with Crippen LogP contribution in [0.5, 0.6) is 0 Å². The summed E-state index contributed by atoms with van der Waals surface area (Å²) in [6.45, 7) is 9.40. The Morgan fingerprint density at radius 2 is 1.22 bits per heavy atom. The van der Waals surface area contributed by atoms with Crippen LogP contribution >= 0.6 is 14.1 Å². The Hall–Kier alpha value is -0.960. The van der Waals surface area contributed by atoms with Gasteiger partial charge >= 0.3 is 7.06 Å². The van der Waals surface area contributed by atoms with E-state index in [4.69, 9.17) is 4.74 Å². The molecule has 1 aliphatic carbocycles. The summed E-state index contributed by atoms with van der Waals surface area (Å²) < 4.78 is 29.7. The second-order valence-electron chi connectivity index (χ2n) is 10.5. The average molecular weight is 555 g/mol. The van der Waals surface area contributed by atoms with Crippen molar-refractivity contribution in [1.29, 1.82) is 0 Å². The van der Waals surface area contributed by atoms with Crippen molar-refractivity contribution in [2.45, 2.75) is 98.0 Å². The van der Waals surface area contributed by atoms with E-state index in [0.717, 1.165) is 70.9 Å². The highest BCUT2D eigenvalue weighted by atomic mass is 32.1. The molecule has 6 unspecified atom stereocenters. The van der Waals surface area contributed by atoms with Gasteiger partial charge in [-0.3, -0.25) is 9.13 Å². The number of hydrogen-bond donors (Lipinski definition) is 2. The van der Waals surface area contributed by atoms with Crippen molar-refractivity contribution in [3.63, 3.8) is 0 Å². The van der Waals surface area contributed by atoms with Crippen LogP contribution in [-0.2, 0) is 13.9 Å². The van der Waals surface area contributed by atoms with Gasteiger partial charge in [0.15, 0.2) is 0 Å². The first kappa shape index (κ1) is 34.1. The lowest BCUT2D eigenvalue weighted by Crippen LogP contribution is -2.16. The highest BCUT2D eigenvalue weighted by Crippen LogP contribution is 2.75. The predicted octanol–water partition coefficient (Wildman–Crippen LogP) is 9.41. The Kier molecular flexibility index (Phi) is 16.2. The van der Waals surface area contributed by atoms with E-state index in [-0.39, 0.29) is 17.4 Å². The summed E-state index contributed by atoms with van der Waals surface area (Å²) in [7, 11) is -8.36. The smallest absolute Gasteiger partial charge is 0.306 e. The van der Waals surface area contributed by atoms with Gasteiger partial charge in [0.2, 0.25) is 0 Å². The topological polar surface area (TPSA) is 83.8 Å². The Labute approximate surface area is 226 Å². The minimum atomic E-state index is -4.25. The lowest BCUT2D eigenvalue weighted by molar-refractivity contribution is 0.0672. The van der Waals surface area contributed by atoms with Crippen LogP contribution < -0.4 is 0 Å². The van der Waals surface area contributed by atoms with Gasteiger partial charge in [-0.25, -0.2) is 0 Å². The molecular weight excluding hydrogens is 502 g/mol. The summed E-state index contributed by atoms with van der Waals surface area (Å²) >= 11 is 0. The van der Waals surface area contributed by atoms with Gasteiger partial charge in [0, 0.05) is 6.66 Å². The van der Waals surface area contributed by atoms with Crippen LogP contribution in [0, 0.1) is 17.3 Å². The number of allylic oxidation sites excluding steroid dienone is 10. The molecule has 2 N–H and O–H groups in total. The van der Waals surface area contributed by atoms with Crippen LogP contribution in [0.15, 0.2) is 60.8 Å². The van der Waals surface area contributed by atoms with Crippen LogP contribution in [0.25, 0.3) is 0 Å². The highest BCUT2D eigenvalue weighted by molar-refractivity contribution is 8.30. The molecule has 0 saturated heterocycles. The standard InChI is InChI=1S/C30H52O5P2/c1-6-8-10-12-14-16-17-18-20-22-24-28-29(27(3)35-26-37(33,34)36(5,31)32)30(28,4)25-23-21-19-15-13-11-9-7-2/h8-11,16-17,19,21-22,24,27-29H,6-7,12-15,18,20,23,25-26H2,1-5H3,(H,31,32)(H,33,34). The van der Waals surface area contributed by atoms with Crippen molar-refractivity contribution in [2.24, 2.45) is 17.3 Å². The third-order valence-electron chi connectivity index (χ3n) is 7.22. The molecule has 1 aliphatic rings. The minimum absolute atomic E-state index is 0.0401. The number of hydrogen-bond acceptors (Lipinski definition) is 3. The largest absolute Gasteiger partial charge is 0.368 e. The van der Waals surface area contributed by atoms with Gasteiger partial charge in [0.25, 0.3) is 7.06 Å². The fraction of sp³-hybridized carbons (Fsp3) is 0.667. The van der Waals surface area contributed by atoms with Gasteiger partial charge in [-0.2, -0.15) is 0 Å². The number of ether oxygens (including phenoxy) is 1. The Morgan fingerprint density at radius 3 is 1.68 bits per heavy atom. The van der Waals surface area contributed by atoms with Crippen molar-refractivity contribution in [2.75, 3.05) is 13.0 Å². The summed E-state index contributed by atoms with van der Waals surface area (Å²) in [6.07, 6.45) is 32.0. The molecular formula is C30H52O5P2. The normalized spacial score (nSPS) is 26.6. The molecule has 0 spiro atoms. The Balaban J connectivity index is 2.67. The third kappa shape index (κ3) is 12.6. The van der Waals surface area contributed by atoms with Crippen LogP contribution in [0.3, 0.4) is 0 Å². The lowest BCUT2D eigenvalue weighted by atomic mass is 9.96. The van der Waals surface area contributed by atoms with E-state index in [1.54, 1.807) is 0 Å².